The third-order valence-corrected chi connectivity index (χ3v) is 5.71. The van der Waals surface area contributed by atoms with Crippen molar-refractivity contribution >= 4 is 40.6 Å². The second-order valence-corrected chi connectivity index (χ2v) is 8.11. The van der Waals surface area contributed by atoms with Gasteiger partial charge in [0.25, 0.3) is 11.1 Å². The van der Waals surface area contributed by atoms with Crippen molar-refractivity contribution in [2.24, 2.45) is 0 Å². The quantitative estimate of drug-likeness (QED) is 0.246. The lowest BCUT2D eigenvalue weighted by Crippen LogP contribution is -2.27. The molecule has 0 saturated carbocycles. The zero-order valence-electron chi connectivity index (χ0n) is 17.4. The number of ether oxygens (including phenoxy) is 1. The highest BCUT2D eigenvalue weighted by Gasteiger charge is 2.36. The Balaban J connectivity index is 1.47. The van der Waals surface area contributed by atoms with E-state index in [1.165, 1.54) is 0 Å². The predicted octanol–water partition coefficient (Wildman–Crippen LogP) is 6.14. The van der Waals surface area contributed by atoms with Crippen LogP contribution in [0.15, 0.2) is 76.1 Å². The fourth-order valence-corrected chi connectivity index (χ4v) is 3.97. The molecule has 0 radical (unpaired) electrons. The van der Waals surface area contributed by atoms with Crippen LogP contribution < -0.4 is 4.90 Å². The maximum absolute atomic E-state index is 12.7. The molecule has 1 aliphatic rings. The van der Waals surface area contributed by atoms with Gasteiger partial charge in [0, 0.05) is 11.6 Å². The van der Waals surface area contributed by atoms with Crippen LogP contribution in [0.25, 0.3) is 17.4 Å². The van der Waals surface area contributed by atoms with Crippen molar-refractivity contribution in [2.75, 3.05) is 11.5 Å². The number of carbonyl (C=O) groups excluding carboxylic acids is 3. The van der Waals surface area contributed by atoms with Gasteiger partial charge in [-0.3, -0.25) is 9.59 Å². The first kappa shape index (κ1) is 21.6. The van der Waals surface area contributed by atoms with E-state index < -0.39 is 0 Å². The van der Waals surface area contributed by atoms with E-state index in [4.69, 9.17) is 9.15 Å². The molecule has 32 heavy (non-hydrogen) atoms. The lowest BCUT2D eigenvalue weighted by molar-refractivity contribution is -0.113. The number of nitrogens with zero attached hydrogens (tertiary/aromatic N) is 1. The number of hydrogen-bond acceptors (Lipinski definition) is 6. The first-order valence-electron chi connectivity index (χ1n) is 10.3. The van der Waals surface area contributed by atoms with Crippen LogP contribution in [0.1, 0.15) is 35.9 Å². The van der Waals surface area contributed by atoms with Crippen molar-refractivity contribution in [3.8, 4) is 11.3 Å². The van der Waals surface area contributed by atoms with Gasteiger partial charge < -0.3 is 9.15 Å². The van der Waals surface area contributed by atoms with Crippen molar-refractivity contribution in [2.45, 2.75) is 19.8 Å². The molecule has 0 N–H and O–H groups in total. The predicted molar refractivity (Wildman–Crippen MR) is 124 cm³/mol. The van der Waals surface area contributed by atoms with Gasteiger partial charge >= 0.3 is 5.97 Å². The molecule has 2 aromatic carbocycles. The van der Waals surface area contributed by atoms with Gasteiger partial charge in [0.1, 0.15) is 11.5 Å². The summed E-state index contributed by atoms with van der Waals surface area (Å²) in [6.07, 6.45) is 3.37. The largest absolute Gasteiger partial charge is 0.462 e. The zero-order valence-corrected chi connectivity index (χ0v) is 18.3. The summed E-state index contributed by atoms with van der Waals surface area (Å²) in [6, 6.07) is 19.3. The van der Waals surface area contributed by atoms with E-state index >= 15 is 0 Å². The van der Waals surface area contributed by atoms with Crippen LogP contribution in [-0.4, -0.2) is 23.7 Å². The van der Waals surface area contributed by atoms with Gasteiger partial charge in [-0.1, -0.05) is 43.7 Å². The molecular formula is C25H21NO5S. The topological polar surface area (TPSA) is 76.8 Å². The second kappa shape index (κ2) is 9.70. The molecule has 1 saturated heterocycles. The monoisotopic (exact) mass is 447 g/mol. The Bertz CT molecular complexity index is 1160. The molecule has 1 aliphatic heterocycles. The molecule has 0 bridgehead atoms. The van der Waals surface area contributed by atoms with E-state index in [1.807, 2.05) is 13.0 Å². The standard InChI is InChI=1S/C25H21NO5S/c1-2-3-15-30-24(28)18-11-9-17(10-12-18)21-14-13-20(31-21)16-22-23(27)26(25(29)32-22)19-7-5-4-6-8-19/h4-14,16H,2-3,15H2,1H3/b22-16+. The molecule has 3 aromatic rings. The summed E-state index contributed by atoms with van der Waals surface area (Å²) in [5.74, 6) is 0.320. The molecule has 0 unspecified atom stereocenters. The van der Waals surface area contributed by atoms with Gasteiger partial charge in [0.2, 0.25) is 0 Å². The molecule has 0 aliphatic carbocycles. The highest BCUT2D eigenvalue weighted by Crippen LogP contribution is 2.36. The maximum Gasteiger partial charge on any atom is 0.338 e. The highest BCUT2D eigenvalue weighted by atomic mass is 32.2. The molecule has 0 atom stereocenters. The van der Waals surface area contributed by atoms with Crippen LogP contribution in [-0.2, 0) is 9.53 Å². The van der Waals surface area contributed by atoms with Crippen molar-refractivity contribution in [3.63, 3.8) is 0 Å². The fourth-order valence-electron chi connectivity index (χ4n) is 3.15. The minimum atomic E-state index is -0.380. The Labute approximate surface area is 189 Å². The van der Waals surface area contributed by atoms with E-state index in [0.717, 1.165) is 35.1 Å². The number of carbonyl (C=O) groups is 3. The van der Waals surface area contributed by atoms with Crippen LogP contribution >= 0.6 is 11.8 Å². The number of esters is 1. The molecule has 0 spiro atoms. The molecule has 7 heteroatoms. The number of rotatable bonds is 7. The SMILES string of the molecule is CCCCOC(=O)c1ccc(-c2ccc(/C=C3/SC(=O)N(c4ccccc4)C3=O)o2)cc1. The average molecular weight is 448 g/mol. The Hall–Kier alpha value is -3.58. The molecule has 4 rings (SSSR count). The van der Waals surface area contributed by atoms with Gasteiger partial charge in [-0.2, -0.15) is 0 Å². The van der Waals surface area contributed by atoms with E-state index in [9.17, 15) is 14.4 Å². The van der Waals surface area contributed by atoms with E-state index in [1.54, 1.807) is 66.7 Å². The smallest absolute Gasteiger partial charge is 0.338 e. The zero-order chi connectivity index (χ0) is 22.5. The molecule has 1 fully saturated rings. The summed E-state index contributed by atoms with van der Waals surface area (Å²) in [7, 11) is 0. The number of unbranched alkanes of at least 4 members (excludes halogenated alkanes) is 1. The number of imide groups is 1. The summed E-state index contributed by atoms with van der Waals surface area (Å²) >= 11 is 0.877. The van der Waals surface area contributed by atoms with Crippen molar-refractivity contribution in [1.29, 1.82) is 0 Å². The van der Waals surface area contributed by atoms with Crippen LogP contribution in [0.3, 0.4) is 0 Å². The van der Waals surface area contributed by atoms with Crippen LogP contribution in [0.2, 0.25) is 0 Å². The van der Waals surface area contributed by atoms with Crippen molar-refractivity contribution in [1.82, 2.24) is 0 Å². The number of benzene rings is 2. The summed E-state index contributed by atoms with van der Waals surface area (Å²) in [5.41, 5.74) is 1.80. The fraction of sp³-hybridized carbons (Fsp3) is 0.160. The van der Waals surface area contributed by atoms with E-state index in [0.29, 0.717) is 34.3 Å². The van der Waals surface area contributed by atoms with Gasteiger partial charge in [0.05, 0.1) is 22.8 Å². The third-order valence-electron chi connectivity index (χ3n) is 4.84. The lowest BCUT2D eigenvalue weighted by Gasteiger charge is -2.11. The first-order valence-corrected chi connectivity index (χ1v) is 11.1. The number of furan rings is 1. The summed E-state index contributed by atoms with van der Waals surface area (Å²) < 4.78 is 11.1. The van der Waals surface area contributed by atoms with E-state index in [2.05, 4.69) is 0 Å². The van der Waals surface area contributed by atoms with Crippen molar-refractivity contribution < 1.29 is 23.5 Å². The summed E-state index contributed by atoms with van der Waals surface area (Å²) in [5, 5.41) is -0.347. The van der Waals surface area contributed by atoms with Crippen LogP contribution in [0, 0.1) is 0 Å². The Morgan fingerprint density at radius 2 is 1.78 bits per heavy atom. The Morgan fingerprint density at radius 1 is 1.03 bits per heavy atom. The van der Waals surface area contributed by atoms with E-state index in [-0.39, 0.29) is 17.1 Å². The average Bonchev–Trinajstić information content (AvgIpc) is 3.39. The third kappa shape index (κ3) is 4.68. The molecule has 162 valence electrons. The number of para-hydroxylation sites is 1. The number of anilines is 1. The lowest BCUT2D eigenvalue weighted by atomic mass is 10.1. The molecular weight excluding hydrogens is 426 g/mol. The molecule has 2 amide bonds. The van der Waals surface area contributed by atoms with Gasteiger partial charge in [-0.05, 0) is 54.6 Å². The van der Waals surface area contributed by atoms with Crippen LogP contribution in [0.4, 0.5) is 10.5 Å². The molecule has 6 nitrogen and oxygen atoms in total. The van der Waals surface area contributed by atoms with Crippen LogP contribution in [0.5, 0.6) is 0 Å². The normalized spacial score (nSPS) is 14.9. The maximum atomic E-state index is 12.7. The summed E-state index contributed by atoms with van der Waals surface area (Å²) in [4.78, 5) is 38.5. The second-order valence-electron chi connectivity index (χ2n) is 7.12. The van der Waals surface area contributed by atoms with Gasteiger partial charge in [-0.25, -0.2) is 9.69 Å². The molecule has 2 heterocycles. The minimum absolute atomic E-state index is 0.296. The van der Waals surface area contributed by atoms with Gasteiger partial charge in [-0.15, -0.1) is 0 Å². The Kier molecular flexibility index (Phi) is 6.56. The first-order chi connectivity index (χ1) is 15.6. The number of thioether (sulfide) groups is 1. The highest BCUT2D eigenvalue weighted by molar-refractivity contribution is 8.19. The minimum Gasteiger partial charge on any atom is -0.462 e. The molecule has 1 aromatic heterocycles. The number of amides is 2. The summed E-state index contributed by atoms with van der Waals surface area (Å²) in [6.45, 7) is 2.45. The van der Waals surface area contributed by atoms with Crippen molar-refractivity contribution in [3.05, 3.63) is 83.0 Å². The Morgan fingerprint density at radius 3 is 2.50 bits per heavy atom. The number of hydrogen-bond donors (Lipinski definition) is 0. The van der Waals surface area contributed by atoms with Gasteiger partial charge in [0.15, 0.2) is 0 Å².